The fourth-order valence-corrected chi connectivity index (χ4v) is 4.94. The first-order valence-electron chi connectivity index (χ1n) is 11.4. The Morgan fingerprint density at radius 2 is 1.71 bits per heavy atom. The number of hydrogen-bond donors (Lipinski definition) is 2. The van der Waals surface area contributed by atoms with Crippen LogP contribution in [0, 0.1) is 6.92 Å². The van der Waals surface area contributed by atoms with Crippen LogP contribution in [0.4, 0.5) is 11.4 Å². The van der Waals surface area contributed by atoms with Gasteiger partial charge in [0.2, 0.25) is 0 Å². The molecule has 184 valence electrons. The standard InChI is InChI=1S/C26H27ClN2O5S/c1-3-4-5-18-7-10-19(11-8-18)29-35(31,32)21-15-22(25-24(16-21)33-12-13-34-25)26(30)28-20-9-6-17(2)23(27)14-20/h6-11,14-16,29H,3-5,12-13H2,1-2H3,(H,28,30). The number of hydrogen-bond acceptors (Lipinski definition) is 5. The van der Waals surface area contributed by atoms with Crippen LogP contribution in [0.15, 0.2) is 59.5 Å². The zero-order chi connectivity index (χ0) is 25.0. The molecule has 0 aromatic heterocycles. The number of anilines is 2. The highest BCUT2D eigenvalue weighted by Gasteiger charge is 2.27. The molecule has 0 saturated carbocycles. The summed E-state index contributed by atoms with van der Waals surface area (Å²) in [5.74, 6) is -0.142. The van der Waals surface area contributed by atoms with Crippen molar-refractivity contribution >= 4 is 38.9 Å². The molecule has 1 aliphatic rings. The molecule has 0 unspecified atom stereocenters. The minimum absolute atomic E-state index is 0.0502. The third-order valence-corrected chi connectivity index (χ3v) is 7.39. The van der Waals surface area contributed by atoms with Crippen molar-refractivity contribution < 1.29 is 22.7 Å². The van der Waals surface area contributed by atoms with E-state index in [-0.39, 0.29) is 35.2 Å². The van der Waals surface area contributed by atoms with Gasteiger partial charge in [0.15, 0.2) is 11.5 Å². The molecule has 2 N–H and O–H groups in total. The van der Waals surface area contributed by atoms with E-state index in [1.165, 1.54) is 12.1 Å². The first kappa shape index (κ1) is 24.9. The third kappa shape index (κ3) is 5.89. The van der Waals surface area contributed by atoms with Gasteiger partial charge in [-0.05, 0) is 61.2 Å². The maximum absolute atomic E-state index is 13.2. The lowest BCUT2D eigenvalue weighted by molar-refractivity contribution is 0.101. The van der Waals surface area contributed by atoms with Crippen molar-refractivity contribution in [2.45, 2.75) is 38.0 Å². The van der Waals surface area contributed by atoms with Crippen molar-refractivity contribution in [2.24, 2.45) is 0 Å². The molecule has 0 spiro atoms. The number of ether oxygens (including phenoxy) is 2. The van der Waals surface area contributed by atoms with Crippen LogP contribution in [0.5, 0.6) is 11.5 Å². The number of halogens is 1. The van der Waals surface area contributed by atoms with E-state index in [9.17, 15) is 13.2 Å². The molecule has 4 rings (SSSR count). The summed E-state index contributed by atoms with van der Waals surface area (Å²) in [6.45, 7) is 4.48. The Hall–Kier alpha value is -3.23. The van der Waals surface area contributed by atoms with Crippen LogP contribution in [-0.2, 0) is 16.4 Å². The predicted octanol–water partition coefficient (Wildman–Crippen LogP) is 5.82. The van der Waals surface area contributed by atoms with Crippen molar-refractivity contribution in [2.75, 3.05) is 23.3 Å². The van der Waals surface area contributed by atoms with Crippen molar-refractivity contribution in [3.8, 4) is 11.5 Å². The van der Waals surface area contributed by atoms with Gasteiger partial charge >= 0.3 is 0 Å². The first-order chi connectivity index (χ1) is 16.8. The zero-order valence-electron chi connectivity index (χ0n) is 19.6. The molecule has 7 nitrogen and oxygen atoms in total. The summed E-state index contributed by atoms with van der Waals surface area (Å²) in [5.41, 5.74) is 2.97. The highest BCUT2D eigenvalue weighted by molar-refractivity contribution is 7.92. The summed E-state index contributed by atoms with van der Waals surface area (Å²) in [6, 6.07) is 15.1. The Balaban J connectivity index is 1.63. The number of nitrogens with one attached hydrogen (secondary N) is 2. The number of rotatable bonds is 8. The van der Waals surface area contributed by atoms with Gasteiger partial charge < -0.3 is 14.8 Å². The Kier molecular flexibility index (Phi) is 7.52. The maximum Gasteiger partial charge on any atom is 0.262 e. The molecule has 0 aliphatic carbocycles. The molecular formula is C26H27ClN2O5S. The lowest BCUT2D eigenvalue weighted by atomic mass is 10.1. The van der Waals surface area contributed by atoms with Gasteiger partial charge in [0.25, 0.3) is 15.9 Å². The highest BCUT2D eigenvalue weighted by Crippen LogP contribution is 2.37. The quantitative estimate of drug-likeness (QED) is 0.395. The molecule has 35 heavy (non-hydrogen) atoms. The zero-order valence-corrected chi connectivity index (χ0v) is 21.1. The van der Waals surface area contributed by atoms with Crippen LogP contribution in [0.25, 0.3) is 0 Å². The number of benzene rings is 3. The van der Waals surface area contributed by atoms with Gasteiger partial charge in [0, 0.05) is 22.5 Å². The van der Waals surface area contributed by atoms with Gasteiger partial charge in [-0.25, -0.2) is 8.42 Å². The van der Waals surface area contributed by atoms with E-state index in [1.54, 1.807) is 30.3 Å². The smallest absolute Gasteiger partial charge is 0.262 e. The molecule has 3 aromatic carbocycles. The normalized spacial score (nSPS) is 12.8. The lowest BCUT2D eigenvalue weighted by Crippen LogP contribution is -2.22. The molecule has 0 fully saturated rings. The molecule has 0 bridgehead atoms. The van der Waals surface area contributed by atoms with E-state index in [2.05, 4.69) is 17.0 Å². The number of carbonyl (C=O) groups is 1. The third-order valence-electron chi connectivity index (χ3n) is 5.63. The number of fused-ring (bicyclic) bond motifs is 1. The SMILES string of the molecule is CCCCc1ccc(NS(=O)(=O)c2cc3c(c(C(=O)Nc4ccc(C)c(Cl)c4)c2)OCCO3)cc1. The Morgan fingerprint density at radius 1 is 1.00 bits per heavy atom. The van der Waals surface area contributed by atoms with E-state index in [4.69, 9.17) is 21.1 Å². The predicted molar refractivity (Wildman–Crippen MR) is 137 cm³/mol. The van der Waals surface area contributed by atoms with Crippen molar-refractivity contribution in [3.05, 3.63) is 76.3 Å². The van der Waals surface area contributed by atoms with Gasteiger partial charge in [-0.1, -0.05) is 43.1 Å². The van der Waals surface area contributed by atoms with Crippen molar-refractivity contribution in [1.82, 2.24) is 0 Å². The maximum atomic E-state index is 13.2. The molecule has 1 aliphatic heterocycles. The average Bonchev–Trinajstić information content (AvgIpc) is 2.85. The van der Waals surface area contributed by atoms with E-state index in [0.717, 1.165) is 30.4 Å². The van der Waals surface area contributed by atoms with E-state index < -0.39 is 15.9 Å². The van der Waals surface area contributed by atoms with E-state index in [1.807, 2.05) is 19.1 Å². The second-order valence-corrected chi connectivity index (χ2v) is 10.4. The van der Waals surface area contributed by atoms with E-state index in [0.29, 0.717) is 16.4 Å². The second-order valence-electron chi connectivity index (χ2n) is 8.32. The Morgan fingerprint density at radius 3 is 2.43 bits per heavy atom. The van der Waals surface area contributed by atoms with Crippen LogP contribution in [0.1, 0.15) is 41.3 Å². The summed E-state index contributed by atoms with van der Waals surface area (Å²) in [5, 5.41) is 3.26. The minimum atomic E-state index is -4.00. The van der Waals surface area contributed by atoms with Crippen LogP contribution >= 0.6 is 11.6 Å². The van der Waals surface area contributed by atoms with Gasteiger partial charge in [-0.3, -0.25) is 9.52 Å². The number of sulfonamides is 1. The summed E-state index contributed by atoms with van der Waals surface area (Å²) in [6.07, 6.45) is 3.10. The van der Waals surface area contributed by atoms with Gasteiger partial charge in [0.1, 0.15) is 13.2 Å². The largest absolute Gasteiger partial charge is 0.486 e. The minimum Gasteiger partial charge on any atom is -0.486 e. The average molecular weight is 515 g/mol. The monoisotopic (exact) mass is 514 g/mol. The van der Waals surface area contributed by atoms with Crippen LogP contribution in [-0.4, -0.2) is 27.5 Å². The number of carbonyl (C=O) groups excluding carboxylic acids is 1. The Bertz CT molecular complexity index is 1340. The first-order valence-corrected chi connectivity index (χ1v) is 13.3. The van der Waals surface area contributed by atoms with Crippen LogP contribution in [0.3, 0.4) is 0 Å². The molecule has 9 heteroatoms. The molecule has 0 atom stereocenters. The molecule has 0 saturated heterocycles. The Labute approximate surface area is 210 Å². The molecule has 1 heterocycles. The van der Waals surface area contributed by atoms with E-state index >= 15 is 0 Å². The van der Waals surface area contributed by atoms with Crippen LogP contribution < -0.4 is 19.5 Å². The lowest BCUT2D eigenvalue weighted by Gasteiger charge is -2.22. The number of amides is 1. The molecule has 3 aromatic rings. The van der Waals surface area contributed by atoms with Gasteiger partial charge in [0.05, 0.1) is 10.5 Å². The number of unbranched alkanes of at least 4 members (excludes halogenated alkanes) is 1. The number of aryl methyl sites for hydroxylation is 2. The second kappa shape index (κ2) is 10.6. The summed E-state index contributed by atoms with van der Waals surface area (Å²) >= 11 is 6.17. The molecule has 1 amide bonds. The van der Waals surface area contributed by atoms with Crippen molar-refractivity contribution in [3.63, 3.8) is 0 Å². The molecule has 0 radical (unpaired) electrons. The van der Waals surface area contributed by atoms with Gasteiger partial charge in [-0.15, -0.1) is 0 Å². The topological polar surface area (TPSA) is 93.7 Å². The fourth-order valence-electron chi connectivity index (χ4n) is 3.66. The summed E-state index contributed by atoms with van der Waals surface area (Å²) in [4.78, 5) is 13.0. The van der Waals surface area contributed by atoms with Crippen molar-refractivity contribution in [1.29, 1.82) is 0 Å². The summed E-state index contributed by atoms with van der Waals surface area (Å²) in [7, 11) is -4.00. The molecular weight excluding hydrogens is 488 g/mol. The summed E-state index contributed by atoms with van der Waals surface area (Å²) < 4.78 is 40.3. The van der Waals surface area contributed by atoms with Crippen LogP contribution in [0.2, 0.25) is 5.02 Å². The highest BCUT2D eigenvalue weighted by atomic mass is 35.5. The fraction of sp³-hybridized carbons (Fsp3) is 0.269. The van der Waals surface area contributed by atoms with Gasteiger partial charge in [-0.2, -0.15) is 0 Å².